The monoisotopic (exact) mass is 350 g/mol. The zero-order valence-electron chi connectivity index (χ0n) is 15.1. The van der Waals surface area contributed by atoms with Crippen molar-refractivity contribution >= 4 is 23.1 Å². The number of para-hydroxylation sites is 3. The second-order valence-electron chi connectivity index (χ2n) is 5.79. The summed E-state index contributed by atoms with van der Waals surface area (Å²) in [5.41, 5.74) is 4.52. The third-order valence-corrected chi connectivity index (χ3v) is 3.99. The lowest BCUT2D eigenvalue weighted by Gasteiger charge is -2.26. The Hall–Kier alpha value is -3.65. The summed E-state index contributed by atoms with van der Waals surface area (Å²) in [6.07, 6.45) is 5.40. The number of pyridine rings is 1. The molecule has 0 atom stereocenters. The Morgan fingerprint density at radius 1 is 0.593 bits per heavy atom. The van der Waals surface area contributed by atoms with Crippen LogP contribution in [0.4, 0.5) is 17.1 Å². The Kier molecular flexibility index (Phi) is 6.54. The first-order valence-electron chi connectivity index (χ1n) is 8.87. The normalized spacial score (nSPS) is 9.63. The Morgan fingerprint density at radius 2 is 1.07 bits per heavy atom. The number of nitrogens with zero attached hydrogens (tertiary/aromatic N) is 2. The van der Waals surface area contributed by atoms with E-state index in [1.165, 1.54) is 0 Å². The van der Waals surface area contributed by atoms with Gasteiger partial charge in [0.1, 0.15) is 0 Å². The van der Waals surface area contributed by atoms with E-state index >= 15 is 0 Å². The van der Waals surface area contributed by atoms with Gasteiger partial charge in [0.05, 0.1) is 5.69 Å². The zero-order valence-corrected chi connectivity index (χ0v) is 15.1. The topological polar surface area (TPSA) is 16.1 Å². The molecule has 0 saturated heterocycles. The maximum Gasteiger partial charge on any atom is 0.0533 e. The van der Waals surface area contributed by atoms with Gasteiger partial charge >= 0.3 is 0 Å². The molecule has 1 aromatic heterocycles. The van der Waals surface area contributed by atoms with Crippen LogP contribution < -0.4 is 4.90 Å². The van der Waals surface area contributed by atoms with Crippen molar-refractivity contribution in [2.24, 2.45) is 0 Å². The SMILES string of the molecule is C=Cc1ccccc1N(c1ccccc1)c1ccccc1.c1ccncc1. The second-order valence-corrected chi connectivity index (χ2v) is 5.79. The summed E-state index contributed by atoms with van der Waals surface area (Å²) in [5, 5.41) is 0. The first-order valence-corrected chi connectivity index (χ1v) is 8.87. The van der Waals surface area contributed by atoms with E-state index in [0.29, 0.717) is 0 Å². The summed E-state index contributed by atoms with van der Waals surface area (Å²) >= 11 is 0. The molecule has 1 heterocycles. The van der Waals surface area contributed by atoms with Crippen molar-refractivity contribution in [3.05, 3.63) is 128 Å². The first kappa shape index (κ1) is 18.2. The third kappa shape index (κ3) is 4.93. The highest BCUT2D eigenvalue weighted by atomic mass is 15.1. The predicted octanol–water partition coefficient (Wildman–Crippen LogP) is 6.88. The van der Waals surface area contributed by atoms with Gasteiger partial charge in [-0.1, -0.05) is 73.3 Å². The highest BCUT2D eigenvalue weighted by molar-refractivity contribution is 5.81. The van der Waals surface area contributed by atoms with E-state index in [1.807, 2.05) is 42.5 Å². The fraction of sp³-hybridized carbons (Fsp3) is 0. The van der Waals surface area contributed by atoms with Crippen LogP contribution in [-0.2, 0) is 0 Å². The van der Waals surface area contributed by atoms with Crippen LogP contribution >= 0.6 is 0 Å². The molecular weight excluding hydrogens is 328 g/mol. The largest absolute Gasteiger partial charge is 0.310 e. The molecule has 2 heteroatoms. The van der Waals surface area contributed by atoms with Gasteiger partial charge in [-0.05, 0) is 48.0 Å². The molecule has 0 amide bonds. The van der Waals surface area contributed by atoms with Crippen molar-refractivity contribution < 1.29 is 0 Å². The highest BCUT2D eigenvalue weighted by Crippen LogP contribution is 2.36. The summed E-state index contributed by atoms with van der Waals surface area (Å²) in [6, 6.07) is 34.8. The first-order chi connectivity index (χ1) is 13.4. The van der Waals surface area contributed by atoms with Crippen molar-refractivity contribution in [3.63, 3.8) is 0 Å². The molecule has 27 heavy (non-hydrogen) atoms. The van der Waals surface area contributed by atoms with E-state index in [0.717, 1.165) is 22.6 Å². The van der Waals surface area contributed by atoms with Gasteiger partial charge < -0.3 is 4.90 Å². The lowest BCUT2D eigenvalue weighted by atomic mass is 10.1. The molecule has 0 N–H and O–H groups in total. The van der Waals surface area contributed by atoms with Crippen molar-refractivity contribution in [1.29, 1.82) is 0 Å². The molecule has 3 aromatic carbocycles. The molecule has 0 spiro atoms. The smallest absolute Gasteiger partial charge is 0.0533 e. The molecular formula is C25H22N2. The van der Waals surface area contributed by atoms with E-state index in [-0.39, 0.29) is 0 Å². The number of rotatable bonds is 4. The molecule has 0 aliphatic carbocycles. The minimum Gasteiger partial charge on any atom is -0.310 e. The summed E-state index contributed by atoms with van der Waals surface area (Å²) in [4.78, 5) is 6.03. The van der Waals surface area contributed by atoms with Gasteiger partial charge in [-0.2, -0.15) is 0 Å². The van der Waals surface area contributed by atoms with Gasteiger partial charge in [0, 0.05) is 23.8 Å². The van der Waals surface area contributed by atoms with Crippen LogP contribution in [0, 0.1) is 0 Å². The van der Waals surface area contributed by atoms with E-state index in [1.54, 1.807) is 12.4 Å². The van der Waals surface area contributed by atoms with Crippen LogP contribution in [0.3, 0.4) is 0 Å². The molecule has 0 aliphatic rings. The molecule has 0 radical (unpaired) electrons. The minimum absolute atomic E-state index is 1.12. The van der Waals surface area contributed by atoms with E-state index in [2.05, 4.69) is 83.2 Å². The maximum absolute atomic E-state index is 3.93. The van der Waals surface area contributed by atoms with Gasteiger partial charge in [0.25, 0.3) is 0 Å². The lowest BCUT2D eigenvalue weighted by Crippen LogP contribution is -2.10. The van der Waals surface area contributed by atoms with E-state index in [9.17, 15) is 0 Å². The fourth-order valence-corrected chi connectivity index (χ4v) is 2.76. The number of anilines is 3. The molecule has 0 bridgehead atoms. The summed E-state index contributed by atoms with van der Waals surface area (Å²) in [5.74, 6) is 0. The Labute approximate surface area is 161 Å². The zero-order chi connectivity index (χ0) is 18.7. The molecule has 0 aliphatic heterocycles. The number of benzene rings is 3. The molecule has 4 aromatic rings. The minimum atomic E-state index is 1.12. The average molecular weight is 350 g/mol. The predicted molar refractivity (Wildman–Crippen MR) is 115 cm³/mol. The van der Waals surface area contributed by atoms with Crippen LogP contribution in [0.2, 0.25) is 0 Å². The van der Waals surface area contributed by atoms with Crippen molar-refractivity contribution in [3.8, 4) is 0 Å². The van der Waals surface area contributed by atoms with Crippen LogP contribution in [0.5, 0.6) is 0 Å². The molecule has 0 unspecified atom stereocenters. The van der Waals surface area contributed by atoms with Gasteiger partial charge in [-0.3, -0.25) is 4.98 Å². The average Bonchev–Trinajstić information content (AvgIpc) is 2.77. The Balaban J connectivity index is 0.000000299. The van der Waals surface area contributed by atoms with Crippen LogP contribution in [-0.4, -0.2) is 4.98 Å². The summed E-state index contributed by atoms with van der Waals surface area (Å²) < 4.78 is 0. The summed E-state index contributed by atoms with van der Waals surface area (Å²) in [6.45, 7) is 3.93. The van der Waals surface area contributed by atoms with Gasteiger partial charge in [0.2, 0.25) is 0 Å². The van der Waals surface area contributed by atoms with Gasteiger partial charge in [0.15, 0.2) is 0 Å². The number of hydrogen-bond acceptors (Lipinski definition) is 2. The Bertz CT molecular complexity index is 869. The standard InChI is InChI=1S/C20H17N.C5H5N/c1-2-17-11-9-10-16-20(17)21(18-12-5-3-6-13-18)19-14-7-4-8-15-19;1-2-4-6-5-3-1/h2-16H,1H2;1-5H. The van der Waals surface area contributed by atoms with Crippen molar-refractivity contribution in [2.75, 3.05) is 4.90 Å². The van der Waals surface area contributed by atoms with Crippen molar-refractivity contribution in [2.45, 2.75) is 0 Å². The molecule has 2 nitrogen and oxygen atoms in total. The lowest BCUT2D eigenvalue weighted by molar-refractivity contribution is 1.28. The molecule has 4 rings (SSSR count). The van der Waals surface area contributed by atoms with Gasteiger partial charge in [-0.25, -0.2) is 0 Å². The van der Waals surface area contributed by atoms with Crippen LogP contribution in [0.15, 0.2) is 122 Å². The van der Waals surface area contributed by atoms with Crippen LogP contribution in [0.25, 0.3) is 6.08 Å². The van der Waals surface area contributed by atoms with E-state index in [4.69, 9.17) is 0 Å². The van der Waals surface area contributed by atoms with Crippen LogP contribution in [0.1, 0.15) is 5.56 Å². The van der Waals surface area contributed by atoms with E-state index < -0.39 is 0 Å². The number of aromatic nitrogens is 1. The quantitative estimate of drug-likeness (QED) is 0.399. The van der Waals surface area contributed by atoms with Crippen molar-refractivity contribution in [1.82, 2.24) is 4.98 Å². The Morgan fingerprint density at radius 3 is 1.52 bits per heavy atom. The van der Waals surface area contributed by atoms with Gasteiger partial charge in [-0.15, -0.1) is 0 Å². The molecule has 0 fully saturated rings. The number of hydrogen-bond donors (Lipinski definition) is 0. The maximum atomic E-state index is 3.93. The summed E-state index contributed by atoms with van der Waals surface area (Å²) in [7, 11) is 0. The molecule has 132 valence electrons. The fourth-order valence-electron chi connectivity index (χ4n) is 2.76. The highest BCUT2D eigenvalue weighted by Gasteiger charge is 2.13. The second kappa shape index (κ2) is 9.73. The third-order valence-electron chi connectivity index (χ3n) is 3.99. The molecule has 0 saturated carbocycles.